The molecule has 0 saturated heterocycles. The molecule has 26 N–H and O–H groups in total. The van der Waals surface area contributed by atoms with E-state index >= 15 is 0 Å². The number of aliphatic imine (C=N–C) groups is 1. The van der Waals surface area contributed by atoms with Crippen molar-refractivity contribution < 1.29 is 43.2 Å². The van der Waals surface area contributed by atoms with Gasteiger partial charge in [-0.05, 0) is 159 Å². The number of unbranched alkanes of at least 4 members (excludes halogenated alkanes) is 5. The van der Waals surface area contributed by atoms with Crippen LogP contribution in [0.5, 0.6) is 0 Å². The zero-order valence-electron chi connectivity index (χ0n) is 51.2. The molecule has 0 aliphatic heterocycles. The third-order valence-corrected chi connectivity index (χ3v) is 14.4. The third-order valence-electron chi connectivity index (χ3n) is 14.4. The maximum absolute atomic E-state index is 14.9. The number of rotatable bonds is 47. The lowest BCUT2D eigenvalue weighted by Gasteiger charge is -2.29. The molecule has 2 aromatic rings. The average Bonchev–Trinajstić information content (AvgIpc) is 3.58. The fourth-order valence-corrected chi connectivity index (χ4v) is 9.48. The van der Waals surface area contributed by atoms with E-state index in [0.717, 1.165) is 0 Å². The molecule has 2 aromatic carbocycles. The van der Waals surface area contributed by atoms with E-state index in [1.165, 1.54) is 0 Å². The Balaban J connectivity index is 2.60. The van der Waals surface area contributed by atoms with E-state index in [0.29, 0.717) is 108 Å². The number of nitrogens with one attached hydrogen (secondary N) is 8. The molecule has 0 bridgehead atoms. The van der Waals surface area contributed by atoms with Crippen LogP contribution in [0.25, 0.3) is 0 Å². The highest BCUT2D eigenvalue weighted by Crippen LogP contribution is 2.14. The van der Waals surface area contributed by atoms with Crippen molar-refractivity contribution in [3.05, 3.63) is 71.8 Å². The second-order valence-corrected chi connectivity index (χ2v) is 22.4. The minimum atomic E-state index is -1.37. The van der Waals surface area contributed by atoms with Gasteiger partial charge in [-0.25, -0.2) is 0 Å². The summed E-state index contributed by atoms with van der Waals surface area (Å²) in [5.74, 6) is -6.75. The van der Waals surface area contributed by atoms with Crippen molar-refractivity contribution in [1.29, 1.82) is 0 Å². The molecule has 87 heavy (non-hydrogen) atoms. The first-order valence-corrected chi connectivity index (χ1v) is 30.8. The first kappa shape index (κ1) is 75.8. The Hall–Kier alpha value is -7.30. The maximum Gasteiger partial charge on any atom is 0.243 e. The van der Waals surface area contributed by atoms with Crippen LogP contribution >= 0.6 is 0 Å². The van der Waals surface area contributed by atoms with Crippen LogP contribution in [-0.2, 0) is 56.0 Å². The van der Waals surface area contributed by atoms with E-state index in [-0.39, 0.29) is 82.8 Å². The summed E-state index contributed by atoms with van der Waals surface area (Å²) in [5.41, 5.74) is 53.1. The summed E-state index contributed by atoms with van der Waals surface area (Å²) < 4.78 is 0. The number of hydrogen-bond acceptors (Lipinski definition) is 16. The third kappa shape index (κ3) is 31.8. The lowest BCUT2D eigenvalue weighted by atomic mass is 10.00. The molecule has 27 heteroatoms. The van der Waals surface area contributed by atoms with E-state index < -0.39 is 108 Å². The van der Waals surface area contributed by atoms with Crippen LogP contribution in [0, 0.1) is 5.92 Å². The predicted molar refractivity (Wildman–Crippen MR) is 337 cm³/mol. The molecule has 0 heterocycles. The molecular weight excluding hydrogens is 1120 g/mol. The van der Waals surface area contributed by atoms with Gasteiger partial charge in [0.1, 0.15) is 48.3 Å². The van der Waals surface area contributed by atoms with Crippen LogP contribution in [0.2, 0.25) is 0 Å². The fourth-order valence-electron chi connectivity index (χ4n) is 9.48. The van der Waals surface area contributed by atoms with Crippen LogP contribution in [0.4, 0.5) is 0 Å². The molecule has 27 nitrogen and oxygen atoms in total. The Labute approximate surface area is 513 Å². The van der Waals surface area contributed by atoms with Gasteiger partial charge in [0, 0.05) is 19.4 Å². The van der Waals surface area contributed by atoms with E-state index in [9.17, 15) is 43.2 Å². The van der Waals surface area contributed by atoms with Crippen molar-refractivity contribution in [2.75, 3.05) is 39.3 Å². The summed E-state index contributed by atoms with van der Waals surface area (Å²) in [7, 11) is 0. The molecule has 2 rings (SSSR count). The van der Waals surface area contributed by atoms with E-state index in [1.807, 2.05) is 13.8 Å². The largest absolute Gasteiger partial charge is 0.370 e. The smallest absolute Gasteiger partial charge is 0.243 e. The number of carbonyl (C=O) groups excluding carboxylic acids is 9. The summed E-state index contributed by atoms with van der Waals surface area (Å²) >= 11 is 0. The van der Waals surface area contributed by atoms with E-state index in [1.54, 1.807) is 60.7 Å². The van der Waals surface area contributed by atoms with Gasteiger partial charge in [0.25, 0.3) is 0 Å². The minimum Gasteiger partial charge on any atom is -0.370 e. The molecule has 0 aliphatic carbocycles. The van der Waals surface area contributed by atoms with Crippen LogP contribution in [0.1, 0.15) is 141 Å². The molecule has 9 atom stereocenters. The molecule has 0 fully saturated rings. The number of hydrogen-bond donors (Lipinski definition) is 17. The summed E-state index contributed by atoms with van der Waals surface area (Å²) in [4.78, 5) is 131. The molecule has 0 radical (unpaired) electrons. The van der Waals surface area contributed by atoms with Gasteiger partial charge < -0.3 is 94.1 Å². The van der Waals surface area contributed by atoms with Gasteiger partial charge in [-0.3, -0.25) is 48.1 Å². The van der Waals surface area contributed by atoms with Crippen molar-refractivity contribution in [3.63, 3.8) is 0 Å². The lowest BCUT2D eigenvalue weighted by molar-refractivity contribution is -0.136. The van der Waals surface area contributed by atoms with E-state index in [4.69, 9.17) is 51.6 Å². The van der Waals surface area contributed by atoms with Gasteiger partial charge in [-0.15, -0.1) is 0 Å². The Morgan fingerprint density at radius 3 is 1.00 bits per heavy atom. The van der Waals surface area contributed by atoms with Gasteiger partial charge in [0.2, 0.25) is 53.2 Å². The van der Waals surface area contributed by atoms with E-state index in [2.05, 4.69) is 47.5 Å². The molecule has 0 aromatic heterocycles. The number of primary amides is 1. The highest BCUT2D eigenvalue weighted by Gasteiger charge is 2.35. The number of nitrogens with two attached hydrogens (primary N) is 9. The Morgan fingerprint density at radius 2 is 0.655 bits per heavy atom. The van der Waals surface area contributed by atoms with Gasteiger partial charge >= 0.3 is 0 Å². The molecule has 0 aliphatic rings. The standard InChI is InChI=1S/C60H104N18O9/c1-39(2)36-48(57(85)74-45(27-12-17-33-64)53(81)71-43(51(67)79)25-10-15-31-62)76-56(84)46(28-13-18-34-65)73-54(82)47(29-19-35-70-60(68)69)75-58(86)49(37-40-20-5-3-6-21-40)78-59(87)50(38-41-22-7-4-8-23-41)77-55(83)44(26-11-16-32-63)72-52(80)42(66)24-9-14-30-61/h3-8,20-23,39,42-50H,9-19,24-38,61-66H2,1-2H3,(H2,67,79)(H,71,81)(H,72,80)(H,73,82)(H,74,85)(H,75,86)(H,76,84)(H,77,83)(H,78,87)(H4,68,69,70)/t42-,43-,44-,45-,46-,47-,48-,49-,50-/m0/s1. The van der Waals surface area contributed by atoms with Crippen molar-refractivity contribution in [2.24, 2.45) is 62.5 Å². The predicted octanol–water partition coefficient (Wildman–Crippen LogP) is -2.09. The Morgan fingerprint density at radius 1 is 0.368 bits per heavy atom. The van der Waals surface area contributed by atoms with Crippen LogP contribution in [0.3, 0.4) is 0 Å². The first-order chi connectivity index (χ1) is 41.7. The van der Waals surface area contributed by atoms with Gasteiger partial charge in [-0.1, -0.05) is 80.9 Å². The fraction of sp³-hybridized carbons (Fsp3) is 0.633. The monoisotopic (exact) mass is 1220 g/mol. The molecule has 0 spiro atoms. The highest BCUT2D eigenvalue weighted by molar-refractivity contribution is 5.98. The van der Waals surface area contributed by atoms with Gasteiger partial charge in [-0.2, -0.15) is 0 Å². The first-order valence-electron chi connectivity index (χ1n) is 30.8. The highest BCUT2D eigenvalue weighted by atomic mass is 16.2. The zero-order chi connectivity index (χ0) is 64.5. The van der Waals surface area contributed by atoms with Crippen molar-refractivity contribution in [2.45, 2.75) is 197 Å². The number of guanidine groups is 1. The number of amides is 9. The molecule has 0 unspecified atom stereocenters. The number of nitrogens with zero attached hydrogens (tertiary/aromatic N) is 1. The van der Waals surface area contributed by atoms with Crippen molar-refractivity contribution in [1.82, 2.24) is 42.5 Å². The summed E-state index contributed by atoms with van der Waals surface area (Å²) in [6.07, 6.45) is 6.31. The second kappa shape index (κ2) is 44.2. The van der Waals surface area contributed by atoms with Crippen molar-refractivity contribution in [3.8, 4) is 0 Å². The van der Waals surface area contributed by atoms with Crippen LogP contribution in [0.15, 0.2) is 65.7 Å². The zero-order valence-corrected chi connectivity index (χ0v) is 51.2. The molecule has 9 amide bonds. The SMILES string of the molecule is CC(C)C[C@H](NC(=O)[C@H](CCCCN)NC(=O)[C@H](CCCN=C(N)N)NC(=O)[C@H](Cc1ccccc1)NC(=O)[C@H](Cc1ccccc1)NC(=O)[C@H](CCCCN)NC(=O)[C@@H](N)CCCCN)C(=O)N[C@@H](CCCCN)C(=O)N[C@@H](CCCCN)C(N)=O. The quantitative estimate of drug-likeness (QED) is 0.0192. The maximum atomic E-state index is 14.9. The Kier molecular flexibility index (Phi) is 38.5. The molecule has 488 valence electrons. The van der Waals surface area contributed by atoms with Crippen LogP contribution in [-0.4, -0.2) is 153 Å². The second-order valence-electron chi connectivity index (χ2n) is 22.4. The number of benzene rings is 2. The lowest BCUT2D eigenvalue weighted by Crippen LogP contribution is -2.61. The van der Waals surface area contributed by atoms with Gasteiger partial charge in [0.05, 0.1) is 6.04 Å². The molecular formula is C60H104N18O9. The summed E-state index contributed by atoms with van der Waals surface area (Å²) in [6, 6.07) is 6.99. The topological polar surface area (TPSA) is 496 Å². The normalized spacial score (nSPS) is 14.3. The minimum absolute atomic E-state index is 0.0265. The van der Waals surface area contributed by atoms with Crippen LogP contribution < -0.4 is 94.1 Å². The summed E-state index contributed by atoms with van der Waals surface area (Å²) in [6.45, 7) is 5.48. The van der Waals surface area contributed by atoms with Gasteiger partial charge in [0.15, 0.2) is 5.96 Å². The average molecular weight is 1220 g/mol. The van der Waals surface area contributed by atoms with Crippen molar-refractivity contribution >= 4 is 59.1 Å². The number of carbonyl (C=O) groups is 9. The molecule has 0 saturated carbocycles. The Bertz CT molecular complexity index is 2400. The summed E-state index contributed by atoms with van der Waals surface area (Å²) in [5, 5.41) is 22.3.